The molecule has 3 N–H and O–H groups in total. The van der Waals surface area contributed by atoms with Crippen LogP contribution in [0.15, 0.2) is 35.7 Å². The fourth-order valence-electron chi connectivity index (χ4n) is 2.78. The van der Waals surface area contributed by atoms with Crippen LogP contribution in [0.25, 0.3) is 0 Å². The van der Waals surface area contributed by atoms with Gasteiger partial charge in [0.25, 0.3) is 0 Å². The van der Waals surface area contributed by atoms with Gasteiger partial charge in [-0.05, 0) is 41.3 Å². The van der Waals surface area contributed by atoms with Gasteiger partial charge >= 0.3 is 0 Å². The predicted octanol–water partition coefficient (Wildman–Crippen LogP) is 3.32. The summed E-state index contributed by atoms with van der Waals surface area (Å²) in [5.74, 6) is 6.23. The molecule has 1 aromatic carbocycles. The highest BCUT2D eigenvalue weighted by molar-refractivity contribution is 7.10. The molecule has 3 rings (SSSR count). The zero-order valence-electron chi connectivity index (χ0n) is 9.90. The highest BCUT2D eigenvalue weighted by Gasteiger charge is 2.30. The first kappa shape index (κ1) is 12.2. The molecule has 1 aliphatic rings. The lowest BCUT2D eigenvalue weighted by Crippen LogP contribution is -2.33. The van der Waals surface area contributed by atoms with E-state index >= 15 is 0 Å². The van der Waals surface area contributed by atoms with E-state index in [4.69, 9.17) is 17.4 Å². The number of benzene rings is 1. The van der Waals surface area contributed by atoms with Crippen LogP contribution in [0.2, 0.25) is 5.02 Å². The van der Waals surface area contributed by atoms with Crippen LogP contribution in [-0.4, -0.2) is 0 Å². The summed E-state index contributed by atoms with van der Waals surface area (Å²) in [6.07, 6.45) is 2.14. The lowest BCUT2D eigenvalue weighted by atomic mass is 9.96. The third-order valence-electron chi connectivity index (χ3n) is 3.66. The van der Waals surface area contributed by atoms with E-state index in [2.05, 4.69) is 29.7 Å². The average molecular weight is 279 g/mol. The van der Waals surface area contributed by atoms with E-state index in [0.29, 0.717) is 5.92 Å². The van der Waals surface area contributed by atoms with E-state index in [1.54, 1.807) is 11.3 Å². The minimum absolute atomic E-state index is 0.143. The van der Waals surface area contributed by atoms with Gasteiger partial charge in [0.2, 0.25) is 0 Å². The van der Waals surface area contributed by atoms with Crippen molar-refractivity contribution in [2.24, 2.45) is 11.8 Å². The highest BCUT2D eigenvalue weighted by atomic mass is 35.5. The Morgan fingerprint density at radius 1 is 1.22 bits per heavy atom. The Morgan fingerprint density at radius 3 is 2.39 bits per heavy atom. The summed E-state index contributed by atoms with van der Waals surface area (Å²) in [5, 5.41) is 2.84. The highest BCUT2D eigenvalue weighted by Crippen LogP contribution is 2.39. The van der Waals surface area contributed by atoms with Crippen LogP contribution in [0.4, 0.5) is 0 Å². The molecule has 0 saturated carbocycles. The summed E-state index contributed by atoms with van der Waals surface area (Å²) in [6, 6.07) is 10.7. The van der Waals surface area contributed by atoms with Gasteiger partial charge in [-0.2, -0.15) is 0 Å². The van der Waals surface area contributed by atoms with Crippen molar-refractivity contribution < 1.29 is 0 Å². The zero-order chi connectivity index (χ0) is 12.5. The monoisotopic (exact) mass is 278 g/mol. The number of hydrazine groups is 1. The number of hydrogen-bond acceptors (Lipinski definition) is 3. The van der Waals surface area contributed by atoms with E-state index in [0.717, 1.165) is 22.7 Å². The zero-order valence-corrected chi connectivity index (χ0v) is 11.5. The van der Waals surface area contributed by atoms with Crippen LogP contribution in [0.5, 0.6) is 0 Å². The normalized spacial score (nSPS) is 16.8. The second kappa shape index (κ2) is 5.02. The first-order valence-electron chi connectivity index (χ1n) is 6.05. The fourth-order valence-corrected chi connectivity index (χ4v) is 4.11. The van der Waals surface area contributed by atoms with E-state index in [1.807, 2.05) is 11.4 Å². The Balaban J connectivity index is 1.86. The van der Waals surface area contributed by atoms with Crippen molar-refractivity contribution in [1.82, 2.24) is 5.43 Å². The predicted molar refractivity (Wildman–Crippen MR) is 76.7 cm³/mol. The molecule has 0 aliphatic heterocycles. The molecule has 0 radical (unpaired) electrons. The maximum Gasteiger partial charge on any atom is 0.0602 e. The molecule has 94 valence electrons. The maximum atomic E-state index is 6.22. The lowest BCUT2D eigenvalue weighted by Gasteiger charge is -2.21. The molecule has 2 aromatic rings. The molecular weight excluding hydrogens is 264 g/mol. The van der Waals surface area contributed by atoms with Gasteiger partial charge in [-0.25, -0.2) is 0 Å². The van der Waals surface area contributed by atoms with Gasteiger partial charge in [-0.3, -0.25) is 11.3 Å². The van der Waals surface area contributed by atoms with Gasteiger partial charge < -0.3 is 0 Å². The Kier molecular flexibility index (Phi) is 3.39. The summed E-state index contributed by atoms with van der Waals surface area (Å²) in [7, 11) is 0. The third kappa shape index (κ3) is 2.08. The molecule has 1 unspecified atom stereocenters. The Labute approximate surface area is 116 Å². The summed E-state index contributed by atoms with van der Waals surface area (Å²) < 4.78 is 0. The number of rotatable bonds is 3. The van der Waals surface area contributed by atoms with Crippen LogP contribution in [0.1, 0.15) is 22.0 Å². The Hall–Kier alpha value is -0.870. The quantitative estimate of drug-likeness (QED) is 0.668. The molecule has 0 amide bonds. The number of nitrogens with one attached hydrogen (secondary N) is 1. The number of fused-ring (bicyclic) bond motifs is 1. The van der Waals surface area contributed by atoms with Crippen molar-refractivity contribution in [1.29, 1.82) is 0 Å². The molecule has 1 aromatic heterocycles. The number of hydrogen-bond donors (Lipinski definition) is 2. The lowest BCUT2D eigenvalue weighted by molar-refractivity contribution is 0.385. The largest absolute Gasteiger partial charge is 0.271 e. The second-order valence-electron chi connectivity index (χ2n) is 4.71. The molecule has 1 heterocycles. The molecule has 18 heavy (non-hydrogen) atoms. The molecular formula is C14H15ClN2S. The molecule has 0 fully saturated rings. The molecule has 1 aliphatic carbocycles. The van der Waals surface area contributed by atoms with Crippen molar-refractivity contribution in [2.45, 2.75) is 18.9 Å². The molecule has 0 bridgehead atoms. The number of thiophene rings is 1. The van der Waals surface area contributed by atoms with Crippen LogP contribution in [0, 0.1) is 5.92 Å². The minimum Gasteiger partial charge on any atom is -0.271 e. The van der Waals surface area contributed by atoms with Gasteiger partial charge in [-0.1, -0.05) is 35.9 Å². The van der Waals surface area contributed by atoms with Crippen LogP contribution in [0.3, 0.4) is 0 Å². The van der Waals surface area contributed by atoms with E-state index in [-0.39, 0.29) is 6.04 Å². The van der Waals surface area contributed by atoms with Gasteiger partial charge in [0, 0.05) is 4.88 Å². The molecule has 2 nitrogen and oxygen atoms in total. The fraction of sp³-hybridized carbons (Fsp3) is 0.286. The topological polar surface area (TPSA) is 38.0 Å². The average Bonchev–Trinajstić information content (AvgIpc) is 2.97. The number of halogens is 1. The van der Waals surface area contributed by atoms with Crippen LogP contribution < -0.4 is 11.3 Å². The standard InChI is InChI=1S/C14H15ClN2S/c15-12-5-6-18-14(12)13(17-16)11-7-9-3-1-2-4-10(9)8-11/h1-6,11,13,17H,7-8,16H2. The Bertz CT molecular complexity index is 527. The Morgan fingerprint density at radius 2 is 1.89 bits per heavy atom. The third-order valence-corrected chi connectivity index (χ3v) is 5.10. The summed E-state index contributed by atoms with van der Waals surface area (Å²) in [4.78, 5) is 1.15. The van der Waals surface area contributed by atoms with E-state index < -0.39 is 0 Å². The van der Waals surface area contributed by atoms with Crippen LogP contribution >= 0.6 is 22.9 Å². The van der Waals surface area contributed by atoms with Crippen molar-refractivity contribution >= 4 is 22.9 Å². The first-order chi connectivity index (χ1) is 8.79. The van der Waals surface area contributed by atoms with Gasteiger partial charge in [-0.15, -0.1) is 11.3 Å². The molecule has 4 heteroatoms. The minimum atomic E-state index is 0.143. The van der Waals surface area contributed by atoms with Gasteiger partial charge in [0.1, 0.15) is 0 Å². The smallest absolute Gasteiger partial charge is 0.0602 e. The second-order valence-corrected chi connectivity index (χ2v) is 6.07. The van der Waals surface area contributed by atoms with Crippen molar-refractivity contribution in [2.75, 3.05) is 0 Å². The molecule has 1 atom stereocenters. The summed E-state index contributed by atoms with van der Waals surface area (Å²) in [6.45, 7) is 0. The summed E-state index contributed by atoms with van der Waals surface area (Å²) >= 11 is 7.89. The van der Waals surface area contributed by atoms with Crippen molar-refractivity contribution in [3.63, 3.8) is 0 Å². The number of nitrogens with two attached hydrogens (primary N) is 1. The van der Waals surface area contributed by atoms with Gasteiger partial charge in [0.05, 0.1) is 11.1 Å². The van der Waals surface area contributed by atoms with Gasteiger partial charge in [0.15, 0.2) is 0 Å². The SMILES string of the molecule is NNC(c1sccc1Cl)C1Cc2ccccc2C1. The molecule has 0 saturated heterocycles. The van der Waals surface area contributed by atoms with E-state index in [1.165, 1.54) is 11.1 Å². The molecule has 0 spiro atoms. The van der Waals surface area contributed by atoms with Crippen LogP contribution in [-0.2, 0) is 12.8 Å². The van der Waals surface area contributed by atoms with Crippen molar-refractivity contribution in [3.8, 4) is 0 Å². The van der Waals surface area contributed by atoms with Crippen molar-refractivity contribution in [3.05, 3.63) is 56.7 Å². The first-order valence-corrected chi connectivity index (χ1v) is 7.31. The van der Waals surface area contributed by atoms with E-state index in [9.17, 15) is 0 Å². The summed E-state index contributed by atoms with van der Waals surface area (Å²) in [5.41, 5.74) is 5.83. The maximum absolute atomic E-state index is 6.22.